The lowest BCUT2D eigenvalue weighted by atomic mass is 10.0. The molecule has 1 aromatic rings. The zero-order valence-electron chi connectivity index (χ0n) is 15.3. The van der Waals surface area contributed by atoms with Crippen LogP contribution in [0.25, 0.3) is 0 Å². The van der Waals surface area contributed by atoms with Crippen molar-refractivity contribution in [3.63, 3.8) is 0 Å². The predicted molar refractivity (Wildman–Crippen MR) is 93.6 cm³/mol. The van der Waals surface area contributed by atoms with Gasteiger partial charge in [-0.05, 0) is 51.0 Å². The summed E-state index contributed by atoms with van der Waals surface area (Å²) in [6, 6.07) is 2.86. The summed E-state index contributed by atoms with van der Waals surface area (Å²) in [5.41, 5.74) is 7.33. The Balaban J connectivity index is 1.97. The van der Waals surface area contributed by atoms with Crippen LogP contribution in [0.1, 0.15) is 43.9 Å². The van der Waals surface area contributed by atoms with Crippen molar-refractivity contribution in [1.29, 1.82) is 0 Å². The highest BCUT2D eigenvalue weighted by atomic mass is 19.3. The number of carbonyl (C=O) groups is 1. The molecule has 0 radical (unpaired) electrons. The molecule has 1 aliphatic rings. The van der Waals surface area contributed by atoms with Crippen molar-refractivity contribution in [2.75, 3.05) is 31.9 Å². The van der Waals surface area contributed by atoms with Crippen LogP contribution in [-0.2, 0) is 11.3 Å². The van der Waals surface area contributed by atoms with Gasteiger partial charge in [0.1, 0.15) is 5.60 Å². The molecule has 2 N–H and O–H groups in total. The van der Waals surface area contributed by atoms with E-state index in [0.717, 1.165) is 11.1 Å². The van der Waals surface area contributed by atoms with E-state index in [0.29, 0.717) is 38.4 Å². The molecule has 0 aliphatic carbocycles. The number of nitrogens with two attached hydrogens (primary N) is 1. The molecule has 0 saturated carbocycles. The normalized spacial score (nSPS) is 16.4. The van der Waals surface area contributed by atoms with Crippen molar-refractivity contribution >= 4 is 11.8 Å². The number of hydrogen-bond donors (Lipinski definition) is 1. The number of anilines is 1. The molecule has 5 nitrogen and oxygen atoms in total. The number of nitrogens with zero attached hydrogens (tertiary/aromatic N) is 2. The molecular weight excluding hydrogens is 328 g/mol. The van der Waals surface area contributed by atoms with Crippen molar-refractivity contribution < 1.29 is 18.3 Å². The number of hydrogen-bond acceptors (Lipinski definition) is 4. The summed E-state index contributed by atoms with van der Waals surface area (Å²) in [5, 5.41) is 0. The molecule has 1 fully saturated rings. The molecule has 1 aliphatic heterocycles. The maximum atomic E-state index is 13.0. The van der Waals surface area contributed by atoms with E-state index in [9.17, 15) is 13.6 Å². The van der Waals surface area contributed by atoms with Crippen LogP contribution in [0.15, 0.2) is 12.1 Å². The molecule has 1 heterocycles. The highest BCUT2D eigenvalue weighted by Crippen LogP contribution is 2.27. The zero-order chi connectivity index (χ0) is 18.8. The Kier molecular flexibility index (Phi) is 5.87. The SMILES string of the molecule is Cc1c(N)cc(C(F)F)cc1CN1CCN(C(=O)OC(C)(C)C)CC1. The Labute approximate surface area is 147 Å². The van der Waals surface area contributed by atoms with Gasteiger partial charge in [-0.3, -0.25) is 4.90 Å². The van der Waals surface area contributed by atoms with Crippen LogP contribution < -0.4 is 5.73 Å². The van der Waals surface area contributed by atoms with Crippen molar-refractivity contribution in [3.05, 3.63) is 28.8 Å². The Morgan fingerprint density at radius 3 is 2.36 bits per heavy atom. The molecular formula is C18H27F2N3O2. The van der Waals surface area contributed by atoms with Crippen LogP contribution in [0.3, 0.4) is 0 Å². The summed E-state index contributed by atoms with van der Waals surface area (Å²) in [6.07, 6.45) is -2.85. The van der Waals surface area contributed by atoms with E-state index in [1.165, 1.54) is 12.1 Å². The van der Waals surface area contributed by atoms with Gasteiger partial charge in [-0.25, -0.2) is 13.6 Å². The summed E-state index contributed by atoms with van der Waals surface area (Å²) in [4.78, 5) is 15.9. The van der Waals surface area contributed by atoms with Crippen molar-refractivity contribution in [2.45, 2.75) is 46.3 Å². The fourth-order valence-corrected chi connectivity index (χ4v) is 2.77. The van der Waals surface area contributed by atoms with E-state index >= 15 is 0 Å². The summed E-state index contributed by atoms with van der Waals surface area (Å²) in [5.74, 6) is 0. The van der Waals surface area contributed by atoms with E-state index in [1.807, 2.05) is 27.7 Å². The van der Waals surface area contributed by atoms with Crippen LogP contribution in [-0.4, -0.2) is 47.7 Å². The van der Waals surface area contributed by atoms with E-state index < -0.39 is 12.0 Å². The van der Waals surface area contributed by atoms with Gasteiger partial charge >= 0.3 is 6.09 Å². The molecule has 1 aromatic carbocycles. The number of alkyl halides is 2. The fourth-order valence-electron chi connectivity index (χ4n) is 2.77. The summed E-state index contributed by atoms with van der Waals surface area (Å²) in [7, 11) is 0. The van der Waals surface area contributed by atoms with E-state index in [4.69, 9.17) is 10.5 Å². The Bertz CT molecular complexity index is 621. The average molecular weight is 355 g/mol. The quantitative estimate of drug-likeness (QED) is 0.842. The molecule has 140 valence electrons. The fraction of sp³-hybridized carbons (Fsp3) is 0.611. The predicted octanol–water partition coefficient (Wildman–Crippen LogP) is 3.57. The van der Waals surface area contributed by atoms with Gasteiger partial charge < -0.3 is 15.4 Å². The molecule has 0 atom stereocenters. The Hall–Kier alpha value is -1.89. The lowest BCUT2D eigenvalue weighted by Gasteiger charge is -2.35. The van der Waals surface area contributed by atoms with Gasteiger partial charge in [0.15, 0.2) is 0 Å². The van der Waals surface area contributed by atoms with Gasteiger partial charge in [0.25, 0.3) is 6.43 Å². The summed E-state index contributed by atoms with van der Waals surface area (Å²) < 4.78 is 31.3. The first-order chi connectivity index (χ1) is 11.6. The lowest BCUT2D eigenvalue weighted by molar-refractivity contribution is 0.0138. The minimum Gasteiger partial charge on any atom is -0.444 e. The van der Waals surface area contributed by atoms with Gasteiger partial charge in [0.05, 0.1) is 0 Å². The molecule has 25 heavy (non-hydrogen) atoms. The Morgan fingerprint density at radius 2 is 1.84 bits per heavy atom. The van der Waals surface area contributed by atoms with E-state index in [1.54, 1.807) is 4.90 Å². The average Bonchev–Trinajstić information content (AvgIpc) is 2.50. The molecule has 1 amide bonds. The first-order valence-corrected chi connectivity index (χ1v) is 8.44. The second-order valence-corrected chi connectivity index (χ2v) is 7.44. The van der Waals surface area contributed by atoms with E-state index in [-0.39, 0.29) is 11.7 Å². The molecule has 1 saturated heterocycles. The second kappa shape index (κ2) is 7.56. The Morgan fingerprint density at radius 1 is 1.24 bits per heavy atom. The van der Waals surface area contributed by atoms with Crippen molar-refractivity contribution in [2.24, 2.45) is 0 Å². The van der Waals surface area contributed by atoms with Crippen molar-refractivity contribution in [1.82, 2.24) is 9.80 Å². The molecule has 0 aromatic heterocycles. The minimum atomic E-state index is -2.54. The van der Waals surface area contributed by atoms with Crippen LogP contribution in [0, 0.1) is 6.92 Å². The van der Waals surface area contributed by atoms with Gasteiger partial charge in [0.2, 0.25) is 0 Å². The number of halogens is 2. The molecule has 2 rings (SSSR count). The summed E-state index contributed by atoms with van der Waals surface area (Å²) >= 11 is 0. The van der Waals surface area contributed by atoms with Crippen molar-refractivity contribution in [3.8, 4) is 0 Å². The standard InChI is InChI=1S/C18H27F2N3O2/c1-12-14(9-13(16(19)20)10-15(12)21)11-22-5-7-23(8-6-22)17(24)25-18(2,3)4/h9-10,16H,5-8,11,21H2,1-4H3. The molecule has 7 heteroatoms. The minimum absolute atomic E-state index is 0.0505. The second-order valence-electron chi connectivity index (χ2n) is 7.44. The van der Waals surface area contributed by atoms with Crippen LogP contribution in [0.4, 0.5) is 19.3 Å². The van der Waals surface area contributed by atoms with Gasteiger partial charge in [-0.2, -0.15) is 0 Å². The number of nitrogen functional groups attached to an aromatic ring is 1. The van der Waals surface area contributed by atoms with Gasteiger partial charge in [-0.15, -0.1) is 0 Å². The third-order valence-electron chi connectivity index (χ3n) is 4.25. The monoisotopic (exact) mass is 355 g/mol. The number of rotatable bonds is 3. The number of ether oxygens (including phenoxy) is 1. The third kappa shape index (κ3) is 5.29. The third-order valence-corrected chi connectivity index (χ3v) is 4.25. The number of benzene rings is 1. The number of piperazine rings is 1. The number of amides is 1. The maximum absolute atomic E-state index is 13.0. The highest BCUT2D eigenvalue weighted by Gasteiger charge is 2.26. The smallest absolute Gasteiger partial charge is 0.410 e. The molecule has 0 unspecified atom stereocenters. The first kappa shape index (κ1) is 19.4. The highest BCUT2D eigenvalue weighted by molar-refractivity contribution is 5.68. The molecule has 0 spiro atoms. The topological polar surface area (TPSA) is 58.8 Å². The largest absolute Gasteiger partial charge is 0.444 e. The summed E-state index contributed by atoms with van der Waals surface area (Å²) in [6.45, 7) is 10.3. The van der Waals surface area contributed by atoms with Crippen LogP contribution >= 0.6 is 0 Å². The van der Waals surface area contributed by atoms with Gasteiger partial charge in [0, 0.05) is 44.0 Å². The van der Waals surface area contributed by atoms with Crippen LogP contribution in [0.5, 0.6) is 0 Å². The van der Waals surface area contributed by atoms with Crippen LogP contribution in [0.2, 0.25) is 0 Å². The van der Waals surface area contributed by atoms with Gasteiger partial charge in [-0.1, -0.05) is 0 Å². The first-order valence-electron chi connectivity index (χ1n) is 8.44. The maximum Gasteiger partial charge on any atom is 0.410 e. The lowest BCUT2D eigenvalue weighted by Crippen LogP contribution is -2.49. The zero-order valence-corrected chi connectivity index (χ0v) is 15.3. The van der Waals surface area contributed by atoms with E-state index in [2.05, 4.69) is 4.90 Å². The number of carbonyl (C=O) groups excluding carboxylic acids is 1. The molecule has 0 bridgehead atoms.